The van der Waals surface area contributed by atoms with Crippen LogP contribution < -0.4 is 5.73 Å². The standard InChI is InChI=1S/C13H21N3O2S/c1-4-13(5-2,11(14)15-18)12(17)16(3)8-10-6-7-19-9-10/h6-7,9,18H,4-5,8H2,1-3H3,(H2,14,15). The van der Waals surface area contributed by atoms with Crippen LogP contribution in [0, 0.1) is 5.41 Å². The van der Waals surface area contributed by atoms with E-state index in [0.29, 0.717) is 19.4 Å². The molecule has 0 unspecified atom stereocenters. The van der Waals surface area contributed by atoms with E-state index in [0.717, 1.165) is 5.56 Å². The van der Waals surface area contributed by atoms with Crippen LogP contribution in [0.25, 0.3) is 0 Å². The van der Waals surface area contributed by atoms with Gasteiger partial charge in [-0.05, 0) is 35.2 Å². The lowest BCUT2D eigenvalue weighted by molar-refractivity contribution is -0.138. The SMILES string of the molecule is CCC(CC)(C(=O)N(C)Cc1ccsc1)C(N)=NO. The Bertz CT molecular complexity index is 439. The molecule has 0 aromatic carbocycles. The number of nitrogens with zero attached hydrogens (tertiary/aromatic N) is 2. The number of oxime groups is 1. The van der Waals surface area contributed by atoms with Gasteiger partial charge in [0.25, 0.3) is 0 Å². The second kappa shape index (κ2) is 6.56. The van der Waals surface area contributed by atoms with Gasteiger partial charge in [0.15, 0.2) is 5.84 Å². The van der Waals surface area contributed by atoms with Crippen molar-refractivity contribution in [2.45, 2.75) is 33.2 Å². The molecule has 1 amide bonds. The Balaban J connectivity index is 2.94. The van der Waals surface area contributed by atoms with E-state index in [9.17, 15) is 4.79 Å². The molecule has 3 N–H and O–H groups in total. The van der Waals surface area contributed by atoms with Gasteiger partial charge in [-0.1, -0.05) is 19.0 Å². The van der Waals surface area contributed by atoms with Crippen molar-refractivity contribution in [2.24, 2.45) is 16.3 Å². The third-order valence-corrected chi connectivity index (χ3v) is 4.29. The van der Waals surface area contributed by atoms with Crippen molar-refractivity contribution >= 4 is 23.1 Å². The number of rotatable bonds is 6. The van der Waals surface area contributed by atoms with E-state index in [2.05, 4.69) is 5.16 Å². The zero-order valence-corrected chi connectivity index (χ0v) is 12.4. The molecule has 1 aromatic heterocycles. The van der Waals surface area contributed by atoms with Crippen LogP contribution in [-0.4, -0.2) is 28.9 Å². The summed E-state index contributed by atoms with van der Waals surface area (Å²) < 4.78 is 0. The summed E-state index contributed by atoms with van der Waals surface area (Å²) in [5.41, 5.74) is 5.91. The Kier molecular flexibility index (Phi) is 5.35. The zero-order valence-electron chi connectivity index (χ0n) is 11.6. The molecule has 5 nitrogen and oxygen atoms in total. The molecule has 0 aliphatic carbocycles. The monoisotopic (exact) mass is 283 g/mol. The van der Waals surface area contributed by atoms with Crippen LogP contribution >= 0.6 is 11.3 Å². The van der Waals surface area contributed by atoms with E-state index in [1.54, 1.807) is 23.3 Å². The molecule has 0 aliphatic rings. The van der Waals surface area contributed by atoms with Gasteiger partial charge < -0.3 is 15.8 Å². The number of amides is 1. The number of amidine groups is 1. The molecular weight excluding hydrogens is 262 g/mol. The van der Waals surface area contributed by atoms with Crippen LogP contribution in [0.5, 0.6) is 0 Å². The van der Waals surface area contributed by atoms with Crippen molar-refractivity contribution in [3.8, 4) is 0 Å². The van der Waals surface area contributed by atoms with E-state index in [1.807, 2.05) is 30.7 Å². The summed E-state index contributed by atoms with van der Waals surface area (Å²) in [6, 6.07) is 1.98. The number of carbonyl (C=O) groups is 1. The number of hydrogen-bond acceptors (Lipinski definition) is 4. The first-order valence-corrected chi connectivity index (χ1v) is 7.20. The topological polar surface area (TPSA) is 78.9 Å². The Hall–Kier alpha value is -1.56. The molecule has 0 aliphatic heterocycles. The third-order valence-electron chi connectivity index (χ3n) is 3.56. The molecule has 106 valence electrons. The average molecular weight is 283 g/mol. The summed E-state index contributed by atoms with van der Waals surface area (Å²) in [6.07, 6.45) is 1.01. The lowest BCUT2D eigenvalue weighted by Crippen LogP contribution is -2.49. The summed E-state index contributed by atoms with van der Waals surface area (Å²) in [4.78, 5) is 14.2. The highest BCUT2D eigenvalue weighted by molar-refractivity contribution is 7.07. The van der Waals surface area contributed by atoms with E-state index in [4.69, 9.17) is 10.9 Å². The largest absolute Gasteiger partial charge is 0.409 e. The van der Waals surface area contributed by atoms with Gasteiger partial charge in [-0.25, -0.2) is 0 Å². The van der Waals surface area contributed by atoms with Crippen LogP contribution in [0.4, 0.5) is 0 Å². The number of hydrogen-bond donors (Lipinski definition) is 2. The van der Waals surface area contributed by atoms with Gasteiger partial charge in [0.05, 0.1) is 0 Å². The first kappa shape index (κ1) is 15.5. The third kappa shape index (κ3) is 3.07. The summed E-state index contributed by atoms with van der Waals surface area (Å²) in [7, 11) is 1.74. The summed E-state index contributed by atoms with van der Waals surface area (Å²) in [6.45, 7) is 4.28. The van der Waals surface area contributed by atoms with Crippen molar-refractivity contribution in [1.29, 1.82) is 0 Å². The molecule has 0 fully saturated rings. The van der Waals surface area contributed by atoms with Gasteiger partial charge in [-0.15, -0.1) is 0 Å². The van der Waals surface area contributed by atoms with Gasteiger partial charge in [0.1, 0.15) is 5.41 Å². The minimum atomic E-state index is -0.917. The fourth-order valence-corrected chi connectivity index (χ4v) is 2.87. The molecule has 1 rings (SSSR count). The molecule has 0 radical (unpaired) electrons. The summed E-state index contributed by atoms with van der Waals surface area (Å²) in [5.74, 6) is -0.126. The first-order valence-electron chi connectivity index (χ1n) is 6.26. The number of thiophene rings is 1. The highest BCUT2D eigenvalue weighted by Crippen LogP contribution is 2.29. The van der Waals surface area contributed by atoms with Crippen LogP contribution in [0.3, 0.4) is 0 Å². The van der Waals surface area contributed by atoms with Crippen LogP contribution in [0.1, 0.15) is 32.3 Å². The first-order chi connectivity index (χ1) is 9.01. The lowest BCUT2D eigenvalue weighted by atomic mass is 9.79. The zero-order chi connectivity index (χ0) is 14.5. The maximum Gasteiger partial charge on any atom is 0.236 e. The molecular formula is C13H21N3O2S. The summed E-state index contributed by atoms with van der Waals surface area (Å²) >= 11 is 1.60. The van der Waals surface area contributed by atoms with Gasteiger partial charge in [0, 0.05) is 13.6 Å². The van der Waals surface area contributed by atoms with E-state index >= 15 is 0 Å². The van der Waals surface area contributed by atoms with E-state index in [-0.39, 0.29) is 11.7 Å². The van der Waals surface area contributed by atoms with Crippen molar-refractivity contribution in [2.75, 3.05) is 7.05 Å². The number of carbonyl (C=O) groups excluding carboxylic acids is 1. The molecule has 6 heteroatoms. The highest BCUT2D eigenvalue weighted by atomic mass is 32.1. The van der Waals surface area contributed by atoms with Gasteiger partial charge in [-0.3, -0.25) is 4.79 Å². The molecule has 0 saturated heterocycles. The summed E-state index contributed by atoms with van der Waals surface area (Å²) in [5, 5.41) is 15.9. The molecule has 0 bridgehead atoms. The van der Waals surface area contributed by atoms with Crippen molar-refractivity contribution in [3.05, 3.63) is 22.4 Å². The van der Waals surface area contributed by atoms with Crippen molar-refractivity contribution in [1.82, 2.24) is 4.90 Å². The van der Waals surface area contributed by atoms with Crippen LogP contribution in [-0.2, 0) is 11.3 Å². The smallest absolute Gasteiger partial charge is 0.236 e. The second-order valence-electron chi connectivity index (χ2n) is 4.57. The minimum Gasteiger partial charge on any atom is -0.409 e. The highest BCUT2D eigenvalue weighted by Gasteiger charge is 2.41. The lowest BCUT2D eigenvalue weighted by Gasteiger charge is -2.33. The predicted molar refractivity (Wildman–Crippen MR) is 77.2 cm³/mol. The maximum absolute atomic E-state index is 12.6. The van der Waals surface area contributed by atoms with Crippen molar-refractivity contribution in [3.63, 3.8) is 0 Å². The quantitative estimate of drug-likeness (QED) is 0.364. The van der Waals surface area contributed by atoms with E-state index < -0.39 is 5.41 Å². The molecule has 1 aromatic rings. The minimum absolute atomic E-state index is 0.0142. The van der Waals surface area contributed by atoms with Gasteiger partial charge in [-0.2, -0.15) is 11.3 Å². The van der Waals surface area contributed by atoms with E-state index in [1.165, 1.54) is 0 Å². The molecule has 0 spiro atoms. The Morgan fingerprint density at radius 2 is 2.16 bits per heavy atom. The molecule has 19 heavy (non-hydrogen) atoms. The Labute approximate surface area is 117 Å². The Morgan fingerprint density at radius 1 is 1.53 bits per heavy atom. The van der Waals surface area contributed by atoms with Gasteiger partial charge in [0.2, 0.25) is 5.91 Å². The normalized spacial score (nSPS) is 12.5. The van der Waals surface area contributed by atoms with Gasteiger partial charge >= 0.3 is 0 Å². The van der Waals surface area contributed by atoms with Crippen molar-refractivity contribution < 1.29 is 10.0 Å². The second-order valence-corrected chi connectivity index (χ2v) is 5.35. The molecule has 0 atom stereocenters. The average Bonchev–Trinajstić information content (AvgIpc) is 2.92. The number of nitrogens with two attached hydrogens (primary N) is 1. The Morgan fingerprint density at radius 3 is 2.58 bits per heavy atom. The fraction of sp³-hybridized carbons (Fsp3) is 0.538. The fourth-order valence-electron chi connectivity index (χ4n) is 2.21. The van der Waals surface area contributed by atoms with Crippen LogP contribution in [0.15, 0.2) is 22.0 Å². The maximum atomic E-state index is 12.6. The molecule has 1 heterocycles. The van der Waals surface area contributed by atoms with Crippen LogP contribution in [0.2, 0.25) is 0 Å². The molecule has 0 saturated carbocycles. The predicted octanol–water partition coefficient (Wildman–Crippen LogP) is 2.26.